The zero-order valence-electron chi connectivity index (χ0n) is 11.4. The third-order valence-electron chi connectivity index (χ3n) is 2.62. The maximum absolute atomic E-state index is 11.6. The van der Waals surface area contributed by atoms with E-state index in [4.69, 9.17) is 0 Å². The first-order valence-electron chi connectivity index (χ1n) is 6.08. The Bertz CT molecular complexity index is 523. The molecule has 1 rings (SSSR count). The van der Waals surface area contributed by atoms with Crippen molar-refractivity contribution in [3.8, 4) is 0 Å². The lowest BCUT2D eigenvalue weighted by molar-refractivity contribution is -0.121. The van der Waals surface area contributed by atoms with Crippen LogP contribution in [0.25, 0.3) is 0 Å². The summed E-state index contributed by atoms with van der Waals surface area (Å²) in [6.45, 7) is 3.96. The molecule has 0 radical (unpaired) electrons. The van der Waals surface area contributed by atoms with Crippen molar-refractivity contribution in [1.82, 2.24) is 10.0 Å². The number of rotatable bonds is 7. The zero-order valence-corrected chi connectivity index (χ0v) is 13.0. The molecule has 0 fully saturated rings. The monoisotopic (exact) mass is 304 g/mol. The van der Waals surface area contributed by atoms with E-state index in [1.54, 1.807) is 11.3 Å². The fourth-order valence-corrected chi connectivity index (χ4v) is 3.30. The second kappa shape index (κ2) is 7.02. The van der Waals surface area contributed by atoms with Crippen LogP contribution in [0, 0.1) is 6.92 Å². The van der Waals surface area contributed by atoms with Crippen LogP contribution in [0.3, 0.4) is 0 Å². The van der Waals surface area contributed by atoms with E-state index in [9.17, 15) is 13.2 Å². The molecular weight excluding hydrogens is 284 g/mol. The Hall–Kier alpha value is -0.920. The molecule has 0 unspecified atom stereocenters. The van der Waals surface area contributed by atoms with E-state index in [2.05, 4.69) is 10.0 Å². The average Bonchev–Trinajstić information content (AvgIpc) is 2.72. The molecule has 1 atom stereocenters. The van der Waals surface area contributed by atoms with E-state index >= 15 is 0 Å². The Kier molecular flexibility index (Phi) is 5.96. The number of aryl methyl sites for hydroxylation is 1. The summed E-state index contributed by atoms with van der Waals surface area (Å²) in [4.78, 5) is 14.1. The lowest BCUT2D eigenvalue weighted by Crippen LogP contribution is -2.35. The van der Waals surface area contributed by atoms with Gasteiger partial charge < -0.3 is 5.32 Å². The first kappa shape index (κ1) is 16.1. The average molecular weight is 304 g/mol. The number of hydrogen-bond acceptors (Lipinski definition) is 4. The molecule has 1 aromatic heterocycles. The van der Waals surface area contributed by atoms with Crippen LogP contribution in [0.15, 0.2) is 12.1 Å². The molecule has 0 aliphatic heterocycles. The van der Waals surface area contributed by atoms with Crippen LogP contribution >= 0.6 is 11.3 Å². The van der Waals surface area contributed by atoms with Crippen LogP contribution in [-0.2, 0) is 21.2 Å². The van der Waals surface area contributed by atoms with Crippen LogP contribution in [0.4, 0.5) is 0 Å². The van der Waals surface area contributed by atoms with Crippen molar-refractivity contribution in [2.45, 2.75) is 32.7 Å². The molecule has 1 amide bonds. The number of carbonyl (C=O) groups is 1. The van der Waals surface area contributed by atoms with Gasteiger partial charge in [0.15, 0.2) is 0 Å². The van der Waals surface area contributed by atoms with Gasteiger partial charge in [-0.3, -0.25) is 4.79 Å². The number of carbonyl (C=O) groups excluding carboxylic acids is 1. The SMILES string of the molecule is CNS(=O)(=O)CCC(=O)N[C@H](C)Cc1ccc(C)s1. The van der Waals surface area contributed by atoms with Crippen molar-refractivity contribution in [1.29, 1.82) is 0 Å². The Morgan fingerprint density at radius 3 is 2.63 bits per heavy atom. The van der Waals surface area contributed by atoms with Crippen molar-refractivity contribution in [3.05, 3.63) is 21.9 Å². The summed E-state index contributed by atoms with van der Waals surface area (Å²) in [5.74, 6) is -0.417. The molecule has 0 aliphatic rings. The molecule has 5 nitrogen and oxygen atoms in total. The highest BCUT2D eigenvalue weighted by Crippen LogP contribution is 2.16. The van der Waals surface area contributed by atoms with Crippen LogP contribution in [0.2, 0.25) is 0 Å². The summed E-state index contributed by atoms with van der Waals surface area (Å²) >= 11 is 1.71. The van der Waals surface area contributed by atoms with Gasteiger partial charge in [-0.1, -0.05) is 0 Å². The van der Waals surface area contributed by atoms with E-state index in [0.717, 1.165) is 6.42 Å². The van der Waals surface area contributed by atoms with Gasteiger partial charge in [0, 0.05) is 28.6 Å². The molecule has 1 heterocycles. The van der Waals surface area contributed by atoms with Gasteiger partial charge in [-0.25, -0.2) is 13.1 Å². The minimum Gasteiger partial charge on any atom is -0.353 e. The molecule has 1 aromatic rings. The number of nitrogens with one attached hydrogen (secondary N) is 2. The molecule has 0 spiro atoms. The molecular formula is C12H20N2O3S2. The molecule has 108 valence electrons. The fraction of sp³-hybridized carbons (Fsp3) is 0.583. The number of hydrogen-bond donors (Lipinski definition) is 2. The second-order valence-corrected chi connectivity index (χ2v) is 7.88. The smallest absolute Gasteiger partial charge is 0.221 e. The molecule has 0 aromatic carbocycles. The molecule has 7 heteroatoms. The third-order valence-corrected chi connectivity index (χ3v) is 5.01. The lowest BCUT2D eigenvalue weighted by Gasteiger charge is -2.12. The Labute approximate surface area is 118 Å². The maximum atomic E-state index is 11.6. The second-order valence-electron chi connectivity index (χ2n) is 4.46. The Balaban J connectivity index is 2.36. The topological polar surface area (TPSA) is 75.3 Å². The highest BCUT2D eigenvalue weighted by atomic mass is 32.2. The summed E-state index contributed by atoms with van der Waals surface area (Å²) in [5.41, 5.74) is 0. The minimum absolute atomic E-state index is 0.00263. The van der Waals surface area contributed by atoms with E-state index in [1.165, 1.54) is 16.8 Å². The fourth-order valence-electron chi connectivity index (χ4n) is 1.62. The maximum Gasteiger partial charge on any atom is 0.221 e. The molecule has 0 saturated heterocycles. The van der Waals surface area contributed by atoms with E-state index in [1.807, 2.05) is 26.0 Å². The molecule has 0 aliphatic carbocycles. The Morgan fingerprint density at radius 1 is 1.42 bits per heavy atom. The minimum atomic E-state index is -3.31. The van der Waals surface area contributed by atoms with Gasteiger partial charge in [0.05, 0.1) is 5.75 Å². The van der Waals surface area contributed by atoms with Crippen LogP contribution in [0.1, 0.15) is 23.1 Å². The van der Waals surface area contributed by atoms with Crippen molar-refractivity contribution in [2.24, 2.45) is 0 Å². The van der Waals surface area contributed by atoms with Crippen molar-refractivity contribution < 1.29 is 13.2 Å². The standard InChI is InChI=1S/C12H20N2O3S2/c1-9(8-11-5-4-10(2)18-11)14-12(15)6-7-19(16,17)13-3/h4-5,9,13H,6-8H2,1-3H3,(H,14,15)/t9-/m1/s1. The first-order valence-corrected chi connectivity index (χ1v) is 8.55. The largest absolute Gasteiger partial charge is 0.353 e. The zero-order chi connectivity index (χ0) is 14.5. The van der Waals surface area contributed by atoms with E-state index in [0.29, 0.717) is 0 Å². The molecule has 19 heavy (non-hydrogen) atoms. The Morgan fingerprint density at radius 2 is 2.11 bits per heavy atom. The van der Waals surface area contributed by atoms with Crippen molar-refractivity contribution in [3.63, 3.8) is 0 Å². The third kappa shape index (κ3) is 6.17. The van der Waals surface area contributed by atoms with Crippen LogP contribution < -0.4 is 10.0 Å². The van der Waals surface area contributed by atoms with Gasteiger partial charge in [0.25, 0.3) is 0 Å². The van der Waals surface area contributed by atoms with Crippen LogP contribution in [-0.4, -0.2) is 33.2 Å². The van der Waals surface area contributed by atoms with Crippen molar-refractivity contribution in [2.75, 3.05) is 12.8 Å². The van der Waals surface area contributed by atoms with E-state index in [-0.39, 0.29) is 24.1 Å². The molecule has 2 N–H and O–H groups in total. The molecule has 0 bridgehead atoms. The predicted molar refractivity (Wildman–Crippen MR) is 77.8 cm³/mol. The highest BCUT2D eigenvalue weighted by molar-refractivity contribution is 7.89. The number of thiophene rings is 1. The summed E-state index contributed by atoms with van der Waals surface area (Å²) in [5, 5.41) is 2.81. The summed E-state index contributed by atoms with van der Waals surface area (Å²) < 4.78 is 24.6. The van der Waals surface area contributed by atoms with Gasteiger partial charge in [-0.05, 0) is 33.0 Å². The normalized spacial score (nSPS) is 13.2. The summed E-state index contributed by atoms with van der Waals surface area (Å²) in [7, 11) is -1.97. The van der Waals surface area contributed by atoms with Gasteiger partial charge in [0.2, 0.25) is 15.9 Å². The van der Waals surface area contributed by atoms with Crippen LogP contribution in [0.5, 0.6) is 0 Å². The lowest BCUT2D eigenvalue weighted by atomic mass is 10.2. The van der Waals surface area contributed by atoms with Gasteiger partial charge in [0.1, 0.15) is 0 Å². The van der Waals surface area contributed by atoms with Gasteiger partial charge >= 0.3 is 0 Å². The number of amides is 1. The predicted octanol–water partition coefficient (Wildman–Crippen LogP) is 1.04. The van der Waals surface area contributed by atoms with Crippen molar-refractivity contribution >= 4 is 27.3 Å². The quantitative estimate of drug-likeness (QED) is 0.790. The van der Waals surface area contributed by atoms with Gasteiger partial charge in [-0.15, -0.1) is 11.3 Å². The first-order chi connectivity index (χ1) is 8.82. The number of sulfonamides is 1. The highest BCUT2D eigenvalue weighted by Gasteiger charge is 2.13. The van der Waals surface area contributed by atoms with E-state index < -0.39 is 10.0 Å². The summed E-state index contributed by atoms with van der Waals surface area (Å²) in [6.07, 6.45) is 0.750. The van der Waals surface area contributed by atoms with Gasteiger partial charge in [-0.2, -0.15) is 0 Å². The molecule has 0 saturated carbocycles. The summed E-state index contributed by atoms with van der Waals surface area (Å²) in [6, 6.07) is 4.10.